The Bertz CT molecular complexity index is 698. The summed E-state index contributed by atoms with van der Waals surface area (Å²) in [6, 6.07) is 8.33. The molecule has 1 aromatic carbocycles. The third-order valence-electron chi connectivity index (χ3n) is 3.07. The molecule has 17 heavy (non-hydrogen) atoms. The summed E-state index contributed by atoms with van der Waals surface area (Å²) in [7, 11) is 0. The van der Waals surface area contributed by atoms with E-state index in [0.717, 1.165) is 10.5 Å². The highest BCUT2D eigenvalue weighted by Gasteiger charge is 2.15. The normalized spacial score (nSPS) is 11.7. The Kier molecular flexibility index (Phi) is 2.30. The molecule has 0 bridgehead atoms. The molecular weight excluding hydrogens is 228 g/mol. The molecule has 3 rings (SSSR count). The summed E-state index contributed by atoms with van der Waals surface area (Å²) in [4.78, 5) is 4.52. The van der Waals surface area contributed by atoms with Gasteiger partial charge in [-0.05, 0) is 23.6 Å². The fourth-order valence-corrected chi connectivity index (χ4v) is 3.47. The summed E-state index contributed by atoms with van der Waals surface area (Å²) >= 11 is 1.66. The van der Waals surface area contributed by atoms with Crippen LogP contribution in [0.5, 0.6) is 0 Å². The highest BCUT2D eigenvalue weighted by Crippen LogP contribution is 2.41. The minimum Gasteiger partial charge on any atom is -0.390 e. The first-order valence-corrected chi connectivity index (χ1v) is 6.55. The predicted molar refractivity (Wildman–Crippen MR) is 75.6 cm³/mol. The first kappa shape index (κ1) is 10.5. The van der Waals surface area contributed by atoms with E-state index in [1.807, 2.05) is 12.3 Å². The largest absolute Gasteiger partial charge is 0.390 e. The second-order valence-corrected chi connectivity index (χ2v) is 5.63. The number of nitrogen functional groups attached to an aromatic ring is 1. The average molecular weight is 242 g/mol. The number of anilines is 1. The van der Waals surface area contributed by atoms with Crippen LogP contribution in [0.3, 0.4) is 0 Å². The van der Waals surface area contributed by atoms with E-state index in [9.17, 15) is 0 Å². The van der Waals surface area contributed by atoms with E-state index < -0.39 is 0 Å². The van der Waals surface area contributed by atoms with E-state index in [2.05, 4.69) is 37.0 Å². The van der Waals surface area contributed by atoms with E-state index in [1.165, 1.54) is 21.0 Å². The smallest absolute Gasteiger partial charge is 0.0904 e. The SMILES string of the molecule is CC(C)c1c(N)sc2ccc3cccnc3c12. The van der Waals surface area contributed by atoms with E-state index >= 15 is 0 Å². The van der Waals surface area contributed by atoms with Crippen LogP contribution in [0.4, 0.5) is 5.00 Å². The average Bonchev–Trinajstić information content (AvgIpc) is 2.65. The third-order valence-corrected chi connectivity index (χ3v) is 4.07. The highest BCUT2D eigenvalue weighted by atomic mass is 32.1. The summed E-state index contributed by atoms with van der Waals surface area (Å²) in [5.41, 5.74) is 8.45. The standard InChI is InChI=1S/C14H14N2S/c1-8(2)11-12-10(17-14(11)15)6-5-9-4-3-7-16-13(9)12/h3-8H,15H2,1-2H3. The number of nitrogens with two attached hydrogens (primary N) is 1. The Balaban J connectivity index is 2.55. The van der Waals surface area contributed by atoms with Crippen molar-refractivity contribution in [3.8, 4) is 0 Å². The molecule has 2 aromatic heterocycles. The molecule has 3 aromatic rings. The Morgan fingerprint density at radius 1 is 1.24 bits per heavy atom. The molecule has 0 saturated heterocycles. The van der Waals surface area contributed by atoms with Gasteiger partial charge >= 0.3 is 0 Å². The van der Waals surface area contributed by atoms with Gasteiger partial charge in [-0.2, -0.15) is 0 Å². The molecule has 2 nitrogen and oxygen atoms in total. The zero-order chi connectivity index (χ0) is 12.0. The van der Waals surface area contributed by atoms with Crippen molar-refractivity contribution in [2.45, 2.75) is 19.8 Å². The lowest BCUT2D eigenvalue weighted by Crippen LogP contribution is -1.92. The second kappa shape index (κ2) is 3.70. The van der Waals surface area contributed by atoms with Crippen molar-refractivity contribution in [1.29, 1.82) is 0 Å². The molecule has 0 aliphatic rings. The number of benzene rings is 1. The van der Waals surface area contributed by atoms with Gasteiger partial charge in [0, 0.05) is 21.7 Å². The van der Waals surface area contributed by atoms with Crippen LogP contribution in [0.25, 0.3) is 21.0 Å². The molecule has 2 N–H and O–H groups in total. The van der Waals surface area contributed by atoms with Crippen molar-refractivity contribution in [3.05, 3.63) is 36.0 Å². The number of hydrogen-bond acceptors (Lipinski definition) is 3. The van der Waals surface area contributed by atoms with Gasteiger partial charge in [-0.3, -0.25) is 4.98 Å². The summed E-state index contributed by atoms with van der Waals surface area (Å²) in [6.07, 6.45) is 1.85. The number of nitrogens with zero attached hydrogens (tertiary/aromatic N) is 1. The Labute approximate surface area is 104 Å². The molecule has 0 aliphatic heterocycles. The number of thiophene rings is 1. The summed E-state index contributed by atoms with van der Waals surface area (Å²) in [6.45, 7) is 4.36. The highest BCUT2D eigenvalue weighted by molar-refractivity contribution is 7.23. The maximum Gasteiger partial charge on any atom is 0.0904 e. The molecule has 0 radical (unpaired) electrons. The molecule has 86 valence electrons. The Morgan fingerprint density at radius 2 is 2.06 bits per heavy atom. The fourth-order valence-electron chi connectivity index (χ4n) is 2.34. The molecule has 2 heterocycles. The number of aromatic nitrogens is 1. The monoisotopic (exact) mass is 242 g/mol. The lowest BCUT2D eigenvalue weighted by Gasteiger charge is -2.06. The summed E-state index contributed by atoms with van der Waals surface area (Å²) < 4.78 is 1.23. The number of rotatable bonds is 1. The van der Waals surface area contributed by atoms with Gasteiger partial charge in [0.2, 0.25) is 0 Å². The van der Waals surface area contributed by atoms with Crippen molar-refractivity contribution in [1.82, 2.24) is 4.98 Å². The molecule has 0 saturated carbocycles. The molecule has 0 amide bonds. The van der Waals surface area contributed by atoms with Crippen LogP contribution >= 0.6 is 11.3 Å². The van der Waals surface area contributed by atoms with E-state index in [4.69, 9.17) is 5.73 Å². The molecule has 3 heteroatoms. The van der Waals surface area contributed by atoms with Crippen LogP contribution in [0, 0.1) is 0 Å². The van der Waals surface area contributed by atoms with Crippen molar-refractivity contribution < 1.29 is 0 Å². The maximum absolute atomic E-state index is 6.14. The third kappa shape index (κ3) is 1.50. The number of hydrogen-bond donors (Lipinski definition) is 1. The Hall–Kier alpha value is -1.61. The minimum atomic E-state index is 0.427. The van der Waals surface area contributed by atoms with Crippen molar-refractivity contribution in [2.75, 3.05) is 5.73 Å². The molecular formula is C14H14N2S. The first-order chi connectivity index (χ1) is 8.18. The predicted octanol–water partition coefficient (Wildman–Crippen LogP) is 4.16. The second-order valence-electron chi connectivity index (χ2n) is 4.55. The van der Waals surface area contributed by atoms with Crippen LogP contribution in [0.2, 0.25) is 0 Å². The van der Waals surface area contributed by atoms with E-state index in [0.29, 0.717) is 5.92 Å². The molecule has 0 atom stereocenters. The van der Waals surface area contributed by atoms with E-state index in [-0.39, 0.29) is 0 Å². The van der Waals surface area contributed by atoms with Crippen LogP contribution in [0.15, 0.2) is 30.5 Å². The number of pyridine rings is 1. The van der Waals surface area contributed by atoms with Crippen LogP contribution in [-0.2, 0) is 0 Å². The molecule has 0 aliphatic carbocycles. The lowest BCUT2D eigenvalue weighted by molar-refractivity contribution is 0.883. The molecule has 0 fully saturated rings. The molecule has 0 spiro atoms. The van der Waals surface area contributed by atoms with Gasteiger partial charge in [-0.25, -0.2) is 0 Å². The summed E-state index contributed by atoms with van der Waals surface area (Å²) in [5, 5.41) is 3.34. The van der Waals surface area contributed by atoms with Crippen molar-refractivity contribution in [2.24, 2.45) is 0 Å². The van der Waals surface area contributed by atoms with Gasteiger partial charge in [0.25, 0.3) is 0 Å². The van der Waals surface area contributed by atoms with Crippen LogP contribution in [0.1, 0.15) is 25.3 Å². The summed E-state index contributed by atoms with van der Waals surface area (Å²) in [5.74, 6) is 0.427. The van der Waals surface area contributed by atoms with Gasteiger partial charge in [0.05, 0.1) is 10.5 Å². The van der Waals surface area contributed by atoms with Crippen LogP contribution < -0.4 is 5.73 Å². The van der Waals surface area contributed by atoms with Gasteiger partial charge in [0.15, 0.2) is 0 Å². The molecule has 0 unspecified atom stereocenters. The topological polar surface area (TPSA) is 38.9 Å². The first-order valence-electron chi connectivity index (χ1n) is 5.74. The minimum absolute atomic E-state index is 0.427. The van der Waals surface area contributed by atoms with Gasteiger partial charge in [0.1, 0.15) is 0 Å². The zero-order valence-electron chi connectivity index (χ0n) is 9.90. The fraction of sp³-hybridized carbons (Fsp3) is 0.214. The van der Waals surface area contributed by atoms with Crippen molar-refractivity contribution >= 4 is 37.3 Å². The quantitative estimate of drug-likeness (QED) is 0.696. The van der Waals surface area contributed by atoms with Crippen LogP contribution in [-0.4, -0.2) is 4.98 Å². The lowest BCUT2D eigenvalue weighted by atomic mass is 9.99. The zero-order valence-corrected chi connectivity index (χ0v) is 10.7. The maximum atomic E-state index is 6.14. The number of fused-ring (bicyclic) bond motifs is 3. The van der Waals surface area contributed by atoms with Crippen molar-refractivity contribution in [3.63, 3.8) is 0 Å². The van der Waals surface area contributed by atoms with Gasteiger partial charge < -0.3 is 5.73 Å². The van der Waals surface area contributed by atoms with Gasteiger partial charge in [-0.1, -0.05) is 26.0 Å². The van der Waals surface area contributed by atoms with Gasteiger partial charge in [-0.15, -0.1) is 11.3 Å². The van der Waals surface area contributed by atoms with E-state index in [1.54, 1.807) is 11.3 Å². The Morgan fingerprint density at radius 3 is 2.82 bits per heavy atom.